The lowest BCUT2D eigenvalue weighted by atomic mass is 9.84. The summed E-state index contributed by atoms with van der Waals surface area (Å²) >= 11 is 0. The van der Waals surface area contributed by atoms with Crippen LogP contribution >= 0.6 is 0 Å². The molecule has 11 heteroatoms. The number of rotatable bonds is 7. The summed E-state index contributed by atoms with van der Waals surface area (Å²) in [7, 11) is 0. The standard InChI is InChI=1S/C34H32O11/c35-16-27-30(40)31(41)32(42)34(45-27)43-24-9-3-17(4-10-24)1-2-18-11-25(39)29-26(12-18)44-33(19-5-7-21(36)8-6-19)28(29)20-13-22(37)15-23(38)14-20/h1-15,27-28,30-42H,16H2/b2-1+/t27-,28?,30-,31+,32-,33?,34-/m1/s1. The minimum atomic E-state index is -1.55. The summed E-state index contributed by atoms with van der Waals surface area (Å²) in [6.07, 6.45) is -3.97. The van der Waals surface area contributed by atoms with Gasteiger partial charge in [0.25, 0.3) is 0 Å². The number of benzene rings is 4. The Labute approximate surface area is 257 Å². The minimum Gasteiger partial charge on any atom is -0.508 e. The topological polar surface area (TPSA) is 190 Å². The number of phenols is 4. The number of ether oxygens (including phenoxy) is 3. The third kappa shape index (κ3) is 6.12. The van der Waals surface area contributed by atoms with E-state index in [0.717, 1.165) is 11.1 Å². The van der Waals surface area contributed by atoms with Crippen molar-refractivity contribution in [1.29, 1.82) is 0 Å². The highest BCUT2D eigenvalue weighted by Gasteiger charge is 2.45. The van der Waals surface area contributed by atoms with Crippen molar-refractivity contribution in [2.45, 2.75) is 42.7 Å². The molecule has 0 amide bonds. The molecule has 0 aliphatic carbocycles. The second kappa shape index (κ2) is 12.3. The van der Waals surface area contributed by atoms with Gasteiger partial charge in [0.05, 0.1) is 12.5 Å². The van der Waals surface area contributed by atoms with Crippen molar-refractivity contribution in [1.82, 2.24) is 0 Å². The second-order valence-electron chi connectivity index (χ2n) is 11.1. The Kier molecular flexibility index (Phi) is 8.28. The molecule has 45 heavy (non-hydrogen) atoms. The van der Waals surface area contributed by atoms with Crippen LogP contribution in [0.5, 0.6) is 34.5 Å². The van der Waals surface area contributed by atoms with Gasteiger partial charge in [-0.1, -0.05) is 36.4 Å². The highest BCUT2D eigenvalue weighted by Crippen LogP contribution is 2.54. The Balaban J connectivity index is 1.23. The normalized spacial score (nSPS) is 26.0. The van der Waals surface area contributed by atoms with Crippen LogP contribution in [0.1, 0.15) is 39.8 Å². The van der Waals surface area contributed by atoms with E-state index in [1.807, 2.05) is 0 Å². The first kappa shape index (κ1) is 30.3. The average Bonchev–Trinajstić information content (AvgIpc) is 3.41. The van der Waals surface area contributed by atoms with Gasteiger partial charge in [0.2, 0.25) is 6.29 Å². The summed E-state index contributed by atoms with van der Waals surface area (Å²) in [5.74, 6) is -0.0442. The van der Waals surface area contributed by atoms with Crippen LogP contribution in [0, 0.1) is 0 Å². The molecule has 7 atom stereocenters. The first-order valence-corrected chi connectivity index (χ1v) is 14.2. The molecule has 6 rings (SSSR count). The van der Waals surface area contributed by atoms with E-state index >= 15 is 0 Å². The molecule has 4 aromatic carbocycles. The monoisotopic (exact) mass is 616 g/mol. The van der Waals surface area contributed by atoms with E-state index in [4.69, 9.17) is 14.2 Å². The van der Waals surface area contributed by atoms with E-state index in [1.165, 1.54) is 30.3 Å². The zero-order chi connectivity index (χ0) is 31.8. The molecule has 11 nitrogen and oxygen atoms in total. The first-order chi connectivity index (χ1) is 21.6. The molecular formula is C34H32O11. The fraction of sp³-hybridized carbons (Fsp3) is 0.235. The highest BCUT2D eigenvalue weighted by molar-refractivity contribution is 5.73. The lowest BCUT2D eigenvalue weighted by Crippen LogP contribution is -2.60. The van der Waals surface area contributed by atoms with Crippen LogP contribution < -0.4 is 9.47 Å². The fourth-order valence-corrected chi connectivity index (χ4v) is 5.71. The minimum absolute atomic E-state index is 0.0375. The van der Waals surface area contributed by atoms with Gasteiger partial charge in [-0.05, 0) is 70.8 Å². The van der Waals surface area contributed by atoms with Crippen LogP contribution in [0.2, 0.25) is 0 Å². The zero-order valence-electron chi connectivity index (χ0n) is 23.7. The molecule has 1 saturated heterocycles. The van der Waals surface area contributed by atoms with E-state index in [1.54, 1.807) is 60.7 Å². The summed E-state index contributed by atoms with van der Waals surface area (Å²) in [6, 6.07) is 20.8. The van der Waals surface area contributed by atoms with Gasteiger partial charge in [0.1, 0.15) is 65.0 Å². The first-order valence-electron chi connectivity index (χ1n) is 14.2. The van der Waals surface area contributed by atoms with Gasteiger partial charge in [-0.3, -0.25) is 0 Å². The number of aliphatic hydroxyl groups excluding tert-OH is 4. The van der Waals surface area contributed by atoms with Crippen LogP contribution in [0.15, 0.2) is 78.9 Å². The van der Waals surface area contributed by atoms with Crippen molar-refractivity contribution in [2.75, 3.05) is 6.61 Å². The van der Waals surface area contributed by atoms with E-state index in [0.29, 0.717) is 28.2 Å². The molecule has 8 N–H and O–H groups in total. The molecule has 2 heterocycles. The third-order valence-electron chi connectivity index (χ3n) is 7.96. The molecule has 234 valence electrons. The Morgan fingerprint density at radius 3 is 2.00 bits per heavy atom. The zero-order valence-corrected chi connectivity index (χ0v) is 23.7. The number of hydrogen-bond acceptors (Lipinski definition) is 11. The van der Waals surface area contributed by atoms with Gasteiger partial charge in [0.15, 0.2) is 0 Å². The van der Waals surface area contributed by atoms with Gasteiger partial charge in [0, 0.05) is 11.6 Å². The predicted molar refractivity (Wildman–Crippen MR) is 161 cm³/mol. The maximum Gasteiger partial charge on any atom is 0.229 e. The van der Waals surface area contributed by atoms with Gasteiger partial charge < -0.3 is 55.1 Å². The van der Waals surface area contributed by atoms with Crippen molar-refractivity contribution in [3.63, 3.8) is 0 Å². The summed E-state index contributed by atoms with van der Waals surface area (Å²) in [6.45, 7) is -0.560. The number of fused-ring (bicyclic) bond motifs is 1. The lowest BCUT2D eigenvalue weighted by Gasteiger charge is -2.39. The Hall–Kier alpha value is -4.78. The molecular weight excluding hydrogens is 584 g/mol. The summed E-state index contributed by atoms with van der Waals surface area (Å²) in [5, 5.41) is 80.9. The van der Waals surface area contributed by atoms with Crippen LogP contribution in [-0.4, -0.2) is 78.2 Å². The summed E-state index contributed by atoms with van der Waals surface area (Å²) < 4.78 is 17.4. The smallest absolute Gasteiger partial charge is 0.229 e. The Bertz CT molecular complexity index is 1660. The lowest BCUT2D eigenvalue weighted by molar-refractivity contribution is -0.277. The second-order valence-corrected chi connectivity index (χ2v) is 11.1. The largest absolute Gasteiger partial charge is 0.508 e. The van der Waals surface area contributed by atoms with E-state index in [-0.39, 0.29) is 23.0 Å². The highest BCUT2D eigenvalue weighted by atomic mass is 16.7. The van der Waals surface area contributed by atoms with Gasteiger partial charge >= 0.3 is 0 Å². The molecule has 0 saturated carbocycles. The molecule has 1 fully saturated rings. The molecule has 0 bridgehead atoms. The summed E-state index contributed by atoms with van der Waals surface area (Å²) in [4.78, 5) is 0. The Morgan fingerprint density at radius 2 is 1.33 bits per heavy atom. The molecule has 4 aromatic rings. The summed E-state index contributed by atoms with van der Waals surface area (Å²) in [5.41, 5.74) is 3.15. The van der Waals surface area contributed by atoms with E-state index in [2.05, 4.69) is 0 Å². The van der Waals surface area contributed by atoms with E-state index < -0.39 is 49.3 Å². The van der Waals surface area contributed by atoms with Crippen LogP contribution in [0.25, 0.3) is 12.2 Å². The van der Waals surface area contributed by atoms with Crippen molar-refractivity contribution in [3.05, 3.63) is 107 Å². The maximum atomic E-state index is 11.2. The Morgan fingerprint density at radius 1 is 0.667 bits per heavy atom. The molecule has 2 aliphatic rings. The number of aromatic hydroxyl groups is 4. The SMILES string of the molecule is OC[C@H]1O[C@@H](Oc2ccc(/C=C/c3cc(O)c4c(c3)OC(c3ccc(O)cc3)C4c3cc(O)cc(O)c3)cc2)[C@H](O)[C@@H](O)[C@@H]1O. The average molecular weight is 617 g/mol. The fourth-order valence-electron chi connectivity index (χ4n) is 5.71. The molecule has 2 aliphatic heterocycles. The van der Waals surface area contributed by atoms with Crippen LogP contribution in [-0.2, 0) is 4.74 Å². The van der Waals surface area contributed by atoms with Gasteiger partial charge in [-0.2, -0.15) is 0 Å². The third-order valence-corrected chi connectivity index (χ3v) is 7.96. The van der Waals surface area contributed by atoms with E-state index in [9.17, 15) is 40.9 Å². The molecule has 0 radical (unpaired) electrons. The predicted octanol–water partition coefficient (Wildman–Crippen LogP) is 3.12. The van der Waals surface area contributed by atoms with Gasteiger partial charge in [-0.25, -0.2) is 0 Å². The molecule has 0 spiro atoms. The molecule has 0 aromatic heterocycles. The van der Waals surface area contributed by atoms with Gasteiger partial charge in [-0.15, -0.1) is 0 Å². The number of hydrogen-bond donors (Lipinski definition) is 8. The number of phenolic OH excluding ortho intramolecular Hbond substituents is 4. The van der Waals surface area contributed by atoms with Crippen molar-refractivity contribution in [2.24, 2.45) is 0 Å². The van der Waals surface area contributed by atoms with Crippen LogP contribution in [0.4, 0.5) is 0 Å². The maximum absolute atomic E-state index is 11.2. The molecule has 2 unspecified atom stereocenters. The van der Waals surface area contributed by atoms with Crippen LogP contribution in [0.3, 0.4) is 0 Å². The quantitative estimate of drug-likeness (QED) is 0.142. The van der Waals surface area contributed by atoms with Crippen molar-refractivity contribution < 1.29 is 55.1 Å². The van der Waals surface area contributed by atoms with Crippen molar-refractivity contribution >= 4 is 12.2 Å². The van der Waals surface area contributed by atoms with Crippen molar-refractivity contribution in [3.8, 4) is 34.5 Å². The number of aliphatic hydroxyl groups is 4.